The van der Waals surface area contributed by atoms with Gasteiger partial charge >= 0.3 is 0 Å². The van der Waals surface area contributed by atoms with Crippen LogP contribution in [0, 0.1) is 13.8 Å². The molecule has 1 aromatic carbocycles. The van der Waals surface area contributed by atoms with Gasteiger partial charge in [-0.1, -0.05) is 6.07 Å². The number of hydrogen-bond donors (Lipinski definition) is 2. The Morgan fingerprint density at radius 1 is 1.00 bits per heavy atom. The van der Waals surface area contributed by atoms with E-state index >= 15 is 0 Å². The Morgan fingerprint density at radius 3 is 2.74 bits per heavy atom. The van der Waals surface area contributed by atoms with Crippen molar-refractivity contribution >= 4 is 16.9 Å². The maximum Gasteiger partial charge on any atom is 0.251 e. The van der Waals surface area contributed by atoms with Gasteiger partial charge in [-0.25, -0.2) is 4.98 Å². The third-order valence-corrected chi connectivity index (χ3v) is 5.27. The Kier molecular flexibility index (Phi) is 3.37. The fourth-order valence-electron chi connectivity index (χ4n) is 3.91. The zero-order valence-corrected chi connectivity index (χ0v) is 15.1. The molecule has 3 aromatic heterocycles. The first-order valence-electron chi connectivity index (χ1n) is 8.93. The van der Waals surface area contributed by atoms with E-state index in [1.165, 1.54) is 5.56 Å². The number of fused-ring (bicyclic) bond motifs is 2. The summed E-state index contributed by atoms with van der Waals surface area (Å²) in [5.74, 6) is 0.00181. The van der Waals surface area contributed by atoms with Crippen LogP contribution in [-0.2, 0) is 6.54 Å². The summed E-state index contributed by atoms with van der Waals surface area (Å²) in [6.45, 7) is 4.70. The van der Waals surface area contributed by atoms with Gasteiger partial charge in [-0.15, -0.1) is 0 Å². The summed E-state index contributed by atoms with van der Waals surface area (Å²) in [6.07, 6.45) is 5.71. The highest BCUT2D eigenvalue weighted by Crippen LogP contribution is 2.34. The Bertz CT molecular complexity index is 1200. The third-order valence-electron chi connectivity index (χ3n) is 5.27. The smallest absolute Gasteiger partial charge is 0.251 e. The lowest BCUT2D eigenvalue weighted by molar-refractivity contribution is 0.0966. The van der Waals surface area contributed by atoms with Crippen molar-refractivity contribution in [3.8, 4) is 22.3 Å². The molecule has 0 unspecified atom stereocenters. The maximum atomic E-state index is 11.8. The van der Waals surface area contributed by atoms with Crippen molar-refractivity contribution in [2.75, 3.05) is 0 Å². The van der Waals surface area contributed by atoms with Gasteiger partial charge < -0.3 is 10.3 Å². The highest BCUT2D eigenvalue weighted by molar-refractivity contribution is 6.00. The molecule has 2 N–H and O–H groups in total. The average Bonchev–Trinajstić information content (AvgIpc) is 3.25. The van der Waals surface area contributed by atoms with Crippen molar-refractivity contribution in [3.05, 3.63) is 71.3 Å². The van der Waals surface area contributed by atoms with Crippen LogP contribution < -0.4 is 5.32 Å². The average molecular weight is 354 g/mol. The molecular weight excluding hydrogens is 336 g/mol. The summed E-state index contributed by atoms with van der Waals surface area (Å²) in [5, 5.41) is 3.93. The van der Waals surface area contributed by atoms with Crippen LogP contribution in [0.3, 0.4) is 0 Å². The summed E-state index contributed by atoms with van der Waals surface area (Å²) in [6, 6.07) is 10.2. The van der Waals surface area contributed by atoms with Crippen LogP contribution in [0.15, 0.2) is 48.9 Å². The molecule has 5 heteroatoms. The predicted molar refractivity (Wildman–Crippen MR) is 105 cm³/mol. The number of hydrogen-bond acceptors (Lipinski definition) is 3. The molecule has 132 valence electrons. The number of nitrogens with one attached hydrogen (secondary N) is 2. The number of aryl methyl sites for hydroxylation is 2. The molecule has 1 aliphatic heterocycles. The lowest BCUT2D eigenvalue weighted by Gasteiger charge is -2.09. The quantitative estimate of drug-likeness (QED) is 0.568. The van der Waals surface area contributed by atoms with E-state index < -0.39 is 0 Å². The molecule has 0 saturated heterocycles. The topological polar surface area (TPSA) is 70.7 Å². The standard InChI is InChI=1S/C22H18N4O/c1-12-5-6-23-13(2)20(12)16-8-18-19(11-25-21(18)24-10-16)14-3-4-17-15(7-14)9-26-22(17)27/h3-8,10-11H,9H2,1-2H3,(H,24,25)(H,26,27). The second kappa shape index (κ2) is 5.77. The first-order valence-corrected chi connectivity index (χ1v) is 8.93. The van der Waals surface area contributed by atoms with E-state index in [1.807, 2.05) is 43.7 Å². The van der Waals surface area contributed by atoms with Crippen LogP contribution in [0.5, 0.6) is 0 Å². The zero-order chi connectivity index (χ0) is 18.5. The molecule has 5 rings (SSSR count). The number of aromatic amines is 1. The van der Waals surface area contributed by atoms with Gasteiger partial charge in [0.25, 0.3) is 5.91 Å². The monoisotopic (exact) mass is 354 g/mol. The van der Waals surface area contributed by atoms with E-state index in [1.54, 1.807) is 0 Å². The van der Waals surface area contributed by atoms with Gasteiger partial charge in [0.1, 0.15) is 5.65 Å². The number of benzene rings is 1. The van der Waals surface area contributed by atoms with E-state index in [9.17, 15) is 4.79 Å². The van der Waals surface area contributed by atoms with Crippen LogP contribution in [0.4, 0.5) is 0 Å². The molecule has 0 atom stereocenters. The normalized spacial score (nSPS) is 13.0. The molecular formula is C22H18N4O. The number of nitrogens with zero attached hydrogens (tertiary/aromatic N) is 2. The van der Waals surface area contributed by atoms with Crippen molar-refractivity contribution in [1.29, 1.82) is 0 Å². The van der Waals surface area contributed by atoms with E-state index in [4.69, 9.17) is 0 Å². The molecule has 0 aliphatic carbocycles. The fourth-order valence-corrected chi connectivity index (χ4v) is 3.91. The highest BCUT2D eigenvalue weighted by atomic mass is 16.1. The summed E-state index contributed by atoms with van der Waals surface area (Å²) >= 11 is 0. The highest BCUT2D eigenvalue weighted by Gasteiger charge is 2.20. The summed E-state index contributed by atoms with van der Waals surface area (Å²) in [5.41, 5.74) is 9.18. The number of carbonyl (C=O) groups excluding carboxylic acids is 1. The Labute approximate surface area is 156 Å². The number of carbonyl (C=O) groups is 1. The van der Waals surface area contributed by atoms with Gasteiger partial charge in [-0.2, -0.15) is 0 Å². The molecule has 4 aromatic rings. The molecule has 4 heterocycles. The molecule has 0 bridgehead atoms. The van der Waals surface area contributed by atoms with Crippen LogP contribution in [0.1, 0.15) is 27.2 Å². The fraction of sp³-hybridized carbons (Fsp3) is 0.136. The number of amides is 1. The van der Waals surface area contributed by atoms with Gasteiger partial charge in [-0.05, 0) is 54.8 Å². The first-order chi connectivity index (χ1) is 13.1. The van der Waals surface area contributed by atoms with Crippen LogP contribution in [0.2, 0.25) is 0 Å². The van der Waals surface area contributed by atoms with E-state index in [0.717, 1.165) is 50.1 Å². The second-order valence-corrected chi connectivity index (χ2v) is 6.97. The van der Waals surface area contributed by atoms with Gasteiger partial charge in [-0.3, -0.25) is 9.78 Å². The Balaban J connectivity index is 1.68. The predicted octanol–water partition coefficient (Wildman–Crippen LogP) is 4.15. The minimum Gasteiger partial charge on any atom is -0.348 e. The van der Waals surface area contributed by atoms with Crippen LogP contribution in [0.25, 0.3) is 33.3 Å². The first kappa shape index (κ1) is 15.8. The lowest BCUT2D eigenvalue weighted by atomic mass is 9.97. The minimum atomic E-state index is 0.00181. The van der Waals surface area contributed by atoms with Crippen molar-refractivity contribution in [1.82, 2.24) is 20.3 Å². The van der Waals surface area contributed by atoms with Crippen molar-refractivity contribution in [3.63, 3.8) is 0 Å². The third kappa shape index (κ3) is 2.43. The largest absolute Gasteiger partial charge is 0.348 e. The van der Waals surface area contributed by atoms with Gasteiger partial charge in [0.2, 0.25) is 0 Å². The van der Waals surface area contributed by atoms with E-state index in [-0.39, 0.29) is 5.91 Å². The summed E-state index contributed by atoms with van der Waals surface area (Å²) in [4.78, 5) is 24.1. The maximum absolute atomic E-state index is 11.8. The van der Waals surface area contributed by atoms with E-state index in [0.29, 0.717) is 6.54 Å². The van der Waals surface area contributed by atoms with E-state index in [2.05, 4.69) is 39.3 Å². The molecule has 1 amide bonds. The van der Waals surface area contributed by atoms with Crippen molar-refractivity contribution < 1.29 is 4.79 Å². The SMILES string of the molecule is Cc1ccnc(C)c1-c1cnc2[nH]cc(-c3ccc4c(c3)CNC4=O)c2c1. The lowest BCUT2D eigenvalue weighted by Crippen LogP contribution is -2.12. The number of pyridine rings is 2. The molecule has 5 nitrogen and oxygen atoms in total. The van der Waals surface area contributed by atoms with Crippen LogP contribution in [-0.4, -0.2) is 20.9 Å². The Hall–Kier alpha value is -3.47. The minimum absolute atomic E-state index is 0.00181. The number of H-pyrrole nitrogens is 1. The van der Waals surface area contributed by atoms with Gasteiger partial charge in [0.05, 0.1) is 0 Å². The molecule has 0 radical (unpaired) electrons. The van der Waals surface area contributed by atoms with Crippen molar-refractivity contribution in [2.45, 2.75) is 20.4 Å². The number of aromatic nitrogens is 3. The summed E-state index contributed by atoms with van der Waals surface area (Å²) in [7, 11) is 0. The van der Waals surface area contributed by atoms with Crippen molar-refractivity contribution in [2.24, 2.45) is 0 Å². The molecule has 0 fully saturated rings. The Morgan fingerprint density at radius 2 is 1.89 bits per heavy atom. The molecule has 0 spiro atoms. The second-order valence-electron chi connectivity index (χ2n) is 6.97. The summed E-state index contributed by atoms with van der Waals surface area (Å²) < 4.78 is 0. The molecule has 27 heavy (non-hydrogen) atoms. The van der Waals surface area contributed by atoms with Gasteiger partial charge in [0.15, 0.2) is 0 Å². The van der Waals surface area contributed by atoms with Gasteiger partial charge in [0, 0.05) is 58.5 Å². The van der Waals surface area contributed by atoms with Crippen LogP contribution >= 0.6 is 0 Å². The zero-order valence-electron chi connectivity index (χ0n) is 15.1. The molecule has 1 aliphatic rings. The molecule has 0 saturated carbocycles. The number of rotatable bonds is 2.